The van der Waals surface area contributed by atoms with Crippen LogP contribution in [-0.4, -0.2) is 31.0 Å². The summed E-state index contributed by atoms with van der Waals surface area (Å²) in [4.78, 5) is 29.4. The van der Waals surface area contributed by atoms with Crippen molar-refractivity contribution in [3.05, 3.63) is 57.2 Å². The Bertz CT molecular complexity index is 1170. The van der Waals surface area contributed by atoms with Gasteiger partial charge in [-0.3, -0.25) is 19.6 Å². The maximum absolute atomic E-state index is 12.5. The maximum atomic E-state index is 12.5. The molecule has 1 aromatic carbocycles. The smallest absolute Gasteiger partial charge is 0.267 e. The fourth-order valence-electron chi connectivity index (χ4n) is 2.74. The van der Waals surface area contributed by atoms with Crippen molar-refractivity contribution in [2.75, 3.05) is 21.1 Å². The highest BCUT2D eigenvalue weighted by Crippen LogP contribution is 2.25. The van der Waals surface area contributed by atoms with Crippen LogP contribution in [-0.2, 0) is 21.2 Å². The van der Waals surface area contributed by atoms with Gasteiger partial charge < -0.3 is 5.32 Å². The minimum Gasteiger partial charge on any atom is -0.325 e. The normalized spacial score (nSPS) is 11.2. The monoisotopic (exact) mass is 478 g/mol. The standard InChI is InChI=1S/C20H22N4O4S3/c1-3-10-31(27,28)24-16-7-4-6-15(13(16)2)22-18(25)11-14-12-30-20(21-14)23-19(26)17-8-5-9-29-17/h4-9,12,24H,3,10-11H2,1-2H3,(H,22,25)(H,21,23,26). The van der Waals surface area contributed by atoms with Crippen molar-refractivity contribution in [1.29, 1.82) is 0 Å². The molecule has 3 aromatic rings. The van der Waals surface area contributed by atoms with Crippen molar-refractivity contribution in [2.24, 2.45) is 0 Å². The summed E-state index contributed by atoms with van der Waals surface area (Å²) >= 11 is 2.58. The van der Waals surface area contributed by atoms with Gasteiger partial charge in [-0.2, -0.15) is 0 Å². The lowest BCUT2D eigenvalue weighted by Gasteiger charge is -2.14. The Morgan fingerprint density at radius 1 is 1.06 bits per heavy atom. The molecule has 2 heterocycles. The molecule has 0 atom stereocenters. The number of rotatable bonds is 9. The van der Waals surface area contributed by atoms with Crippen molar-refractivity contribution >= 4 is 61.0 Å². The fourth-order valence-corrected chi connectivity index (χ4v) is 5.26. The number of benzene rings is 1. The number of hydrogen-bond donors (Lipinski definition) is 3. The molecule has 0 fully saturated rings. The van der Waals surface area contributed by atoms with Crippen molar-refractivity contribution in [3.8, 4) is 0 Å². The van der Waals surface area contributed by atoms with E-state index >= 15 is 0 Å². The number of nitrogens with one attached hydrogen (secondary N) is 3. The number of anilines is 3. The van der Waals surface area contributed by atoms with Crippen LogP contribution in [0.25, 0.3) is 0 Å². The molecule has 0 aliphatic rings. The molecule has 0 aliphatic heterocycles. The first-order valence-corrected chi connectivity index (χ1v) is 12.9. The third-order valence-electron chi connectivity index (χ3n) is 4.21. The summed E-state index contributed by atoms with van der Waals surface area (Å²) in [5.41, 5.74) is 2.10. The second-order valence-corrected chi connectivity index (χ2v) is 10.3. The zero-order valence-corrected chi connectivity index (χ0v) is 19.4. The van der Waals surface area contributed by atoms with Crippen LogP contribution in [0, 0.1) is 6.92 Å². The highest BCUT2D eigenvalue weighted by Gasteiger charge is 2.15. The Hall–Kier alpha value is -2.76. The van der Waals surface area contributed by atoms with Crippen molar-refractivity contribution in [3.63, 3.8) is 0 Å². The van der Waals surface area contributed by atoms with E-state index in [1.54, 1.807) is 49.6 Å². The zero-order valence-electron chi connectivity index (χ0n) is 17.0. The summed E-state index contributed by atoms with van der Waals surface area (Å²) in [5.74, 6) is -0.505. The predicted molar refractivity (Wildman–Crippen MR) is 126 cm³/mol. The summed E-state index contributed by atoms with van der Waals surface area (Å²) in [6.45, 7) is 3.53. The molecular weight excluding hydrogens is 456 g/mol. The predicted octanol–water partition coefficient (Wildman–Crippen LogP) is 4.10. The highest BCUT2D eigenvalue weighted by molar-refractivity contribution is 7.92. The van der Waals surface area contributed by atoms with Gasteiger partial charge in [0, 0.05) is 11.1 Å². The van der Waals surface area contributed by atoms with E-state index in [1.165, 1.54) is 22.7 Å². The van der Waals surface area contributed by atoms with Gasteiger partial charge in [0.05, 0.1) is 28.4 Å². The SMILES string of the molecule is CCCS(=O)(=O)Nc1cccc(NC(=O)Cc2csc(NC(=O)c3cccs3)n2)c1C. The molecule has 31 heavy (non-hydrogen) atoms. The number of carbonyl (C=O) groups excluding carboxylic acids is 2. The Balaban J connectivity index is 1.62. The Morgan fingerprint density at radius 3 is 2.55 bits per heavy atom. The molecule has 11 heteroatoms. The topological polar surface area (TPSA) is 117 Å². The Kier molecular flexibility index (Phi) is 7.42. The van der Waals surface area contributed by atoms with Gasteiger partial charge >= 0.3 is 0 Å². The Labute approximate surface area is 188 Å². The number of sulfonamides is 1. The van der Waals surface area contributed by atoms with E-state index in [0.29, 0.717) is 39.1 Å². The number of thiazole rings is 1. The number of hydrogen-bond acceptors (Lipinski definition) is 7. The molecule has 2 aromatic heterocycles. The third-order valence-corrected chi connectivity index (χ3v) is 7.36. The summed E-state index contributed by atoms with van der Waals surface area (Å²) in [5, 5.41) is 9.47. The molecule has 3 N–H and O–H groups in total. The van der Waals surface area contributed by atoms with Crippen LogP contribution >= 0.6 is 22.7 Å². The lowest BCUT2D eigenvalue weighted by atomic mass is 10.1. The second kappa shape index (κ2) is 10.0. The molecule has 2 amide bonds. The van der Waals surface area contributed by atoms with Crippen LogP contribution < -0.4 is 15.4 Å². The first kappa shape index (κ1) is 22.9. The molecule has 0 spiro atoms. The van der Waals surface area contributed by atoms with E-state index in [0.717, 1.165) is 0 Å². The zero-order chi connectivity index (χ0) is 22.4. The van der Waals surface area contributed by atoms with Crippen LogP contribution in [0.5, 0.6) is 0 Å². The number of amides is 2. The van der Waals surface area contributed by atoms with Crippen molar-refractivity contribution in [1.82, 2.24) is 4.98 Å². The minimum atomic E-state index is -3.43. The van der Waals surface area contributed by atoms with Gasteiger partial charge in [0.2, 0.25) is 15.9 Å². The molecule has 0 saturated heterocycles. The van der Waals surface area contributed by atoms with Gasteiger partial charge in [-0.1, -0.05) is 19.1 Å². The van der Waals surface area contributed by atoms with Crippen LogP contribution in [0.1, 0.15) is 34.3 Å². The van der Waals surface area contributed by atoms with E-state index in [9.17, 15) is 18.0 Å². The molecule has 164 valence electrons. The van der Waals surface area contributed by atoms with E-state index in [4.69, 9.17) is 0 Å². The molecule has 0 radical (unpaired) electrons. The van der Waals surface area contributed by atoms with Gasteiger partial charge in [0.1, 0.15) is 0 Å². The first-order chi connectivity index (χ1) is 14.8. The van der Waals surface area contributed by atoms with Gasteiger partial charge in [0.25, 0.3) is 5.91 Å². The van der Waals surface area contributed by atoms with Gasteiger partial charge in [-0.05, 0) is 42.5 Å². The lowest BCUT2D eigenvalue weighted by molar-refractivity contribution is -0.115. The molecule has 8 nitrogen and oxygen atoms in total. The van der Waals surface area contributed by atoms with Crippen LogP contribution in [0.15, 0.2) is 41.1 Å². The van der Waals surface area contributed by atoms with Gasteiger partial charge in [-0.25, -0.2) is 13.4 Å². The molecule has 3 rings (SSSR count). The molecule has 0 bridgehead atoms. The first-order valence-electron chi connectivity index (χ1n) is 9.46. The second-order valence-electron chi connectivity index (χ2n) is 6.70. The lowest BCUT2D eigenvalue weighted by Crippen LogP contribution is -2.18. The molecule has 0 saturated carbocycles. The van der Waals surface area contributed by atoms with Crippen LogP contribution in [0.2, 0.25) is 0 Å². The Morgan fingerprint density at radius 2 is 1.84 bits per heavy atom. The van der Waals surface area contributed by atoms with Crippen molar-refractivity contribution < 1.29 is 18.0 Å². The highest BCUT2D eigenvalue weighted by atomic mass is 32.2. The van der Waals surface area contributed by atoms with Gasteiger partial charge in [0.15, 0.2) is 5.13 Å². The summed E-state index contributed by atoms with van der Waals surface area (Å²) in [6.07, 6.45) is 0.533. The minimum absolute atomic E-state index is 0.0244. The number of aromatic nitrogens is 1. The van der Waals surface area contributed by atoms with Crippen LogP contribution in [0.3, 0.4) is 0 Å². The summed E-state index contributed by atoms with van der Waals surface area (Å²) in [7, 11) is -3.43. The largest absolute Gasteiger partial charge is 0.325 e. The summed E-state index contributed by atoms with van der Waals surface area (Å²) in [6, 6.07) is 8.55. The summed E-state index contributed by atoms with van der Waals surface area (Å²) < 4.78 is 26.6. The fraction of sp³-hybridized carbons (Fsp3) is 0.250. The van der Waals surface area contributed by atoms with E-state index in [1.807, 2.05) is 5.38 Å². The molecule has 0 aliphatic carbocycles. The van der Waals surface area contributed by atoms with Crippen LogP contribution in [0.4, 0.5) is 16.5 Å². The molecule has 0 unspecified atom stereocenters. The number of nitrogens with zero attached hydrogens (tertiary/aromatic N) is 1. The van der Waals surface area contributed by atoms with E-state index < -0.39 is 10.0 Å². The van der Waals surface area contributed by atoms with Gasteiger partial charge in [-0.15, -0.1) is 22.7 Å². The number of thiophene rings is 1. The average molecular weight is 479 g/mol. The van der Waals surface area contributed by atoms with E-state index in [2.05, 4.69) is 20.3 Å². The average Bonchev–Trinajstić information content (AvgIpc) is 3.37. The quantitative estimate of drug-likeness (QED) is 0.428. The van der Waals surface area contributed by atoms with E-state index in [-0.39, 0.29) is 24.0 Å². The van der Waals surface area contributed by atoms with Crippen molar-refractivity contribution in [2.45, 2.75) is 26.7 Å². The third kappa shape index (κ3) is 6.36. The molecular formula is C20H22N4O4S3. The maximum Gasteiger partial charge on any atom is 0.267 e. The number of carbonyl (C=O) groups is 2.